The van der Waals surface area contributed by atoms with Gasteiger partial charge in [-0.15, -0.1) is 0 Å². The Hall–Kier alpha value is -1.43. The Morgan fingerprint density at radius 2 is 2.08 bits per heavy atom. The number of carbonyl (C=O) groups excluding carboxylic acids is 2. The maximum absolute atomic E-state index is 12.1. The SMILES string of the molecule is CC1CCC(C(C)C)C(OC(=O)COC(=O)c2cncc(Br)c2)C1. The molecule has 0 bridgehead atoms. The van der Waals surface area contributed by atoms with Gasteiger partial charge in [-0.3, -0.25) is 4.98 Å². The summed E-state index contributed by atoms with van der Waals surface area (Å²) in [6, 6.07) is 1.60. The molecule has 1 aliphatic rings. The predicted octanol–water partition coefficient (Wildman–Crippen LogP) is 4.00. The fourth-order valence-corrected chi connectivity index (χ4v) is 3.55. The van der Waals surface area contributed by atoms with Crippen molar-refractivity contribution in [1.29, 1.82) is 0 Å². The first-order valence-electron chi connectivity index (χ1n) is 8.34. The Kier molecular flexibility index (Phi) is 6.78. The van der Waals surface area contributed by atoms with Crippen LogP contribution in [0.1, 0.15) is 50.4 Å². The Morgan fingerprint density at radius 1 is 1.33 bits per heavy atom. The molecule has 132 valence electrons. The minimum absolute atomic E-state index is 0.0903. The summed E-state index contributed by atoms with van der Waals surface area (Å²) >= 11 is 3.24. The van der Waals surface area contributed by atoms with Crippen LogP contribution in [0.5, 0.6) is 0 Å². The average Bonchev–Trinajstić information content (AvgIpc) is 2.52. The molecule has 24 heavy (non-hydrogen) atoms. The zero-order valence-electron chi connectivity index (χ0n) is 14.3. The summed E-state index contributed by atoms with van der Waals surface area (Å²) in [5.41, 5.74) is 0.295. The highest BCUT2D eigenvalue weighted by atomic mass is 79.9. The third kappa shape index (κ3) is 5.30. The summed E-state index contributed by atoms with van der Waals surface area (Å²) in [7, 11) is 0. The molecular formula is C18H24BrNO4. The van der Waals surface area contributed by atoms with Gasteiger partial charge in [0.15, 0.2) is 6.61 Å². The number of aromatic nitrogens is 1. The zero-order valence-corrected chi connectivity index (χ0v) is 15.9. The number of rotatable bonds is 5. The molecule has 1 saturated carbocycles. The lowest BCUT2D eigenvalue weighted by molar-refractivity contribution is -0.159. The summed E-state index contributed by atoms with van der Waals surface area (Å²) in [5, 5.41) is 0. The number of esters is 2. The number of halogens is 1. The minimum Gasteiger partial charge on any atom is -0.460 e. The molecule has 0 radical (unpaired) electrons. The number of nitrogens with zero attached hydrogens (tertiary/aromatic N) is 1. The molecule has 0 amide bonds. The monoisotopic (exact) mass is 397 g/mol. The number of ether oxygens (including phenoxy) is 2. The second-order valence-electron chi connectivity index (χ2n) is 6.82. The van der Waals surface area contributed by atoms with Crippen molar-refractivity contribution in [2.75, 3.05) is 6.61 Å². The molecule has 5 nitrogen and oxygen atoms in total. The van der Waals surface area contributed by atoms with Gasteiger partial charge in [-0.1, -0.05) is 27.2 Å². The number of pyridine rings is 1. The lowest BCUT2D eigenvalue weighted by Crippen LogP contribution is -2.36. The van der Waals surface area contributed by atoms with E-state index in [1.807, 2.05) is 0 Å². The van der Waals surface area contributed by atoms with Crippen molar-refractivity contribution in [1.82, 2.24) is 4.98 Å². The first kappa shape index (κ1) is 18.9. The van der Waals surface area contributed by atoms with Crippen molar-refractivity contribution in [3.63, 3.8) is 0 Å². The van der Waals surface area contributed by atoms with Crippen LogP contribution in [0.15, 0.2) is 22.9 Å². The molecule has 0 aromatic carbocycles. The van der Waals surface area contributed by atoms with Crippen molar-refractivity contribution >= 4 is 27.9 Å². The number of carbonyl (C=O) groups is 2. The molecule has 2 rings (SSSR count). The summed E-state index contributed by atoms with van der Waals surface area (Å²) in [6.45, 7) is 6.11. The predicted molar refractivity (Wildman–Crippen MR) is 93.4 cm³/mol. The molecule has 3 unspecified atom stereocenters. The van der Waals surface area contributed by atoms with Crippen LogP contribution in [0.3, 0.4) is 0 Å². The third-order valence-corrected chi connectivity index (χ3v) is 4.94. The van der Waals surface area contributed by atoms with E-state index in [1.165, 1.54) is 12.6 Å². The molecule has 0 aliphatic heterocycles. The smallest absolute Gasteiger partial charge is 0.344 e. The standard InChI is InChI=1S/C18H24BrNO4/c1-11(2)15-5-4-12(3)6-16(15)24-17(21)10-23-18(22)13-7-14(19)9-20-8-13/h7-9,11-12,15-16H,4-6,10H2,1-3H3. The van der Waals surface area contributed by atoms with Crippen LogP contribution >= 0.6 is 15.9 Å². The fraction of sp³-hybridized carbons (Fsp3) is 0.611. The second-order valence-corrected chi connectivity index (χ2v) is 7.74. The highest BCUT2D eigenvalue weighted by Gasteiger charge is 2.33. The van der Waals surface area contributed by atoms with Crippen LogP contribution in [-0.4, -0.2) is 29.6 Å². The molecule has 1 aromatic heterocycles. The molecular weight excluding hydrogens is 374 g/mol. The van der Waals surface area contributed by atoms with Crippen molar-refractivity contribution in [3.05, 3.63) is 28.5 Å². The second kappa shape index (κ2) is 8.60. The molecule has 1 aromatic rings. The Bertz CT molecular complexity index is 590. The Labute approximate surface area is 151 Å². The van der Waals surface area contributed by atoms with Gasteiger partial charge in [-0.2, -0.15) is 0 Å². The van der Waals surface area contributed by atoms with Gasteiger partial charge in [0.2, 0.25) is 0 Å². The normalized spacial score (nSPS) is 23.8. The molecule has 1 fully saturated rings. The van der Waals surface area contributed by atoms with Gasteiger partial charge in [0.1, 0.15) is 6.10 Å². The summed E-state index contributed by atoms with van der Waals surface area (Å²) in [6.07, 6.45) is 5.99. The van der Waals surface area contributed by atoms with Gasteiger partial charge in [-0.25, -0.2) is 9.59 Å². The van der Waals surface area contributed by atoms with Crippen molar-refractivity contribution < 1.29 is 19.1 Å². The molecule has 6 heteroatoms. The molecule has 0 spiro atoms. The lowest BCUT2D eigenvalue weighted by atomic mass is 9.75. The van der Waals surface area contributed by atoms with E-state index in [0.29, 0.717) is 27.8 Å². The van der Waals surface area contributed by atoms with E-state index in [2.05, 4.69) is 41.7 Å². The highest BCUT2D eigenvalue weighted by molar-refractivity contribution is 9.10. The van der Waals surface area contributed by atoms with E-state index in [0.717, 1.165) is 12.8 Å². The molecule has 1 aliphatic carbocycles. The van der Waals surface area contributed by atoms with Crippen LogP contribution in [-0.2, 0) is 14.3 Å². The van der Waals surface area contributed by atoms with Gasteiger partial charge in [0.05, 0.1) is 5.56 Å². The van der Waals surface area contributed by atoms with E-state index in [-0.39, 0.29) is 12.7 Å². The molecule has 0 N–H and O–H groups in total. The van der Waals surface area contributed by atoms with Crippen molar-refractivity contribution in [3.8, 4) is 0 Å². The third-order valence-electron chi connectivity index (χ3n) is 4.51. The lowest BCUT2D eigenvalue weighted by Gasteiger charge is -2.36. The van der Waals surface area contributed by atoms with E-state index in [9.17, 15) is 9.59 Å². The summed E-state index contributed by atoms with van der Waals surface area (Å²) in [4.78, 5) is 27.9. The van der Waals surface area contributed by atoms with Gasteiger partial charge in [-0.05, 0) is 52.6 Å². The number of hydrogen-bond acceptors (Lipinski definition) is 5. The average molecular weight is 398 g/mol. The Balaban J connectivity index is 1.86. The van der Waals surface area contributed by atoms with Crippen LogP contribution < -0.4 is 0 Å². The van der Waals surface area contributed by atoms with E-state index in [1.54, 1.807) is 12.3 Å². The van der Waals surface area contributed by atoms with Crippen molar-refractivity contribution in [2.45, 2.75) is 46.1 Å². The van der Waals surface area contributed by atoms with E-state index < -0.39 is 11.9 Å². The van der Waals surface area contributed by atoms with Gasteiger partial charge < -0.3 is 9.47 Å². The van der Waals surface area contributed by atoms with Gasteiger partial charge in [0.25, 0.3) is 0 Å². The maximum Gasteiger partial charge on any atom is 0.344 e. The van der Waals surface area contributed by atoms with Gasteiger partial charge >= 0.3 is 11.9 Å². The Morgan fingerprint density at radius 3 is 2.75 bits per heavy atom. The van der Waals surface area contributed by atoms with Crippen LogP contribution in [0.2, 0.25) is 0 Å². The fourth-order valence-electron chi connectivity index (χ4n) is 3.18. The van der Waals surface area contributed by atoms with Crippen molar-refractivity contribution in [2.24, 2.45) is 17.8 Å². The van der Waals surface area contributed by atoms with Crippen LogP contribution in [0.25, 0.3) is 0 Å². The van der Waals surface area contributed by atoms with Gasteiger partial charge in [0, 0.05) is 16.9 Å². The maximum atomic E-state index is 12.1. The van der Waals surface area contributed by atoms with E-state index in [4.69, 9.17) is 9.47 Å². The van der Waals surface area contributed by atoms with E-state index >= 15 is 0 Å². The molecule has 1 heterocycles. The minimum atomic E-state index is -0.585. The zero-order chi connectivity index (χ0) is 17.7. The topological polar surface area (TPSA) is 65.5 Å². The summed E-state index contributed by atoms with van der Waals surface area (Å²) < 4.78 is 11.3. The quantitative estimate of drug-likeness (QED) is 0.702. The first-order valence-corrected chi connectivity index (χ1v) is 9.13. The first-order chi connectivity index (χ1) is 11.4. The largest absolute Gasteiger partial charge is 0.460 e. The molecule has 0 saturated heterocycles. The summed E-state index contributed by atoms with van der Waals surface area (Å²) in [5.74, 6) is 0.308. The number of hydrogen-bond donors (Lipinski definition) is 0. The molecule has 3 atom stereocenters. The van der Waals surface area contributed by atoms with Crippen LogP contribution in [0.4, 0.5) is 0 Å². The highest BCUT2D eigenvalue weighted by Crippen LogP contribution is 2.35. The van der Waals surface area contributed by atoms with Crippen LogP contribution in [0, 0.1) is 17.8 Å².